The van der Waals surface area contributed by atoms with Crippen molar-refractivity contribution in [3.8, 4) is 17.2 Å². The summed E-state index contributed by atoms with van der Waals surface area (Å²) in [4.78, 5) is 21.1. The van der Waals surface area contributed by atoms with Crippen LogP contribution in [-0.4, -0.2) is 16.1 Å². The number of aryl methyl sites for hydroxylation is 1. The minimum Gasteiger partial charge on any atom is -0.487 e. The Balaban J connectivity index is 1.26. The van der Waals surface area contributed by atoms with Crippen LogP contribution in [0.2, 0.25) is 0 Å². The van der Waals surface area contributed by atoms with Crippen LogP contribution >= 0.6 is 0 Å². The number of hydrogen-bond donors (Lipinski definition) is 2. The van der Waals surface area contributed by atoms with Gasteiger partial charge in [0, 0.05) is 12.0 Å². The van der Waals surface area contributed by atoms with Crippen molar-refractivity contribution >= 4 is 11.7 Å². The Labute approximate surface area is 229 Å². The molecule has 1 aromatic heterocycles. The van der Waals surface area contributed by atoms with E-state index in [1.165, 1.54) is 0 Å². The summed E-state index contributed by atoms with van der Waals surface area (Å²) < 4.78 is 11.8. The van der Waals surface area contributed by atoms with Gasteiger partial charge in [-0.05, 0) is 61.6 Å². The number of aromatic nitrogens is 1. The number of ether oxygens (including phenoxy) is 1. The first-order valence-electron chi connectivity index (χ1n) is 13.2. The van der Waals surface area contributed by atoms with Gasteiger partial charge in [-0.15, -0.1) is 0 Å². The fourth-order valence-electron chi connectivity index (χ4n) is 3.98. The number of nitrogens with zero attached hydrogens (tertiary/aromatic N) is 1. The monoisotopic (exact) mass is 526 g/mol. The van der Waals surface area contributed by atoms with Crippen LogP contribution in [-0.2, 0) is 22.8 Å². The Bertz CT molecular complexity index is 1330. The molecular formula is C32H34N2O5. The van der Waals surface area contributed by atoms with E-state index in [9.17, 15) is 4.79 Å². The number of carboxylic acids is 1. The molecule has 0 aliphatic rings. The lowest BCUT2D eigenvalue weighted by molar-refractivity contribution is -0.137. The fraction of sp³-hybridized carbons (Fsp3) is 0.250. The van der Waals surface area contributed by atoms with Crippen LogP contribution in [0.3, 0.4) is 0 Å². The molecule has 0 atom stereocenters. The lowest BCUT2D eigenvalue weighted by Crippen LogP contribution is -2.13. The molecule has 3 aromatic carbocycles. The molecule has 4 aromatic rings. The van der Waals surface area contributed by atoms with Gasteiger partial charge in [0.15, 0.2) is 0 Å². The third kappa shape index (κ3) is 8.86. The second-order valence-corrected chi connectivity index (χ2v) is 9.19. The molecule has 0 aliphatic heterocycles. The predicted octanol–water partition coefficient (Wildman–Crippen LogP) is 7.33. The number of hydrogen-bond acceptors (Lipinski definition) is 6. The standard InChI is InChI=1S/C32H34N2O5/c1-24-30(33-32(39-24)27-14-8-5-9-15-27)23-37-28-20-18-25(19-21-28)22-38-34-29(26-12-6-4-7-13-26)16-10-2-3-11-17-31(35)36/h4-9,12-16,18-21,34H,2-3,10-11,17,22-23H2,1H3,(H,35,36). The SMILES string of the molecule is Cc1oc(-c2ccccc2)nc1COc1ccc(CONC(=CCCCCCC(=O)O)c2ccccc2)cc1. The van der Waals surface area contributed by atoms with Gasteiger partial charge < -0.3 is 14.3 Å². The van der Waals surface area contributed by atoms with Crippen molar-refractivity contribution in [3.63, 3.8) is 0 Å². The van der Waals surface area contributed by atoms with Crippen molar-refractivity contribution in [1.82, 2.24) is 10.5 Å². The van der Waals surface area contributed by atoms with Gasteiger partial charge in [-0.25, -0.2) is 4.98 Å². The van der Waals surface area contributed by atoms with E-state index in [4.69, 9.17) is 19.1 Å². The van der Waals surface area contributed by atoms with E-state index in [-0.39, 0.29) is 6.42 Å². The largest absolute Gasteiger partial charge is 0.487 e. The number of carboxylic acid groups (broad SMARTS) is 1. The Morgan fingerprint density at radius 2 is 1.64 bits per heavy atom. The van der Waals surface area contributed by atoms with Gasteiger partial charge in [0.1, 0.15) is 23.8 Å². The quantitative estimate of drug-likeness (QED) is 0.124. The minimum atomic E-state index is -0.743. The Morgan fingerprint density at radius 3 is 2.36 bits per heavy atom. The Morgan fingerprint density at radius 1 is 0.923 bits per heavy atom. The number of allylic oxidation sites excluding steroid dienone is 1. The number of benzene rings is 3. The maximum Gasteiger partial charge on any atom is 0.303 e. The molecule has 0 aliphatic carbocycles. The van der Waals surface area contributed by atoms with Crippen LogP contribution in [0.5, 0.6) is 5.75 Å². The van der Waals surface area contributed by atoms with E-state index in [2.05, 4.69) is 16.5 Å². The summed E-state index contributed by atoms with van der Waals surface area (Å²) in [5.74, 6) is 1.33. The highest BCUT2D eigenvalue weighted by Gasteiger charge is 2.12. The number of nitrogens with one attached hydrogen (secondary N) is 1. The fourth-order valence-corrected chi connectivity index (χ4v) is 3.98. The molecule has 1 heterocycles. The van der Waals surface area contributed by atoms with Crippen molar-refractivity contribution in [1.29, 1.82) is 0 Å². The molecule has 4 rings (SSSR count). The number of rotatable bonds is 15. The zero-order chi connectivity index (χ0) is 27.3. The molecule has 7 heteroatoms. The third-order valence-electron chi connectivity index (χ3n) is 6.16. The molecule has 0 amide bonds. The normalized spacial score (nSPS) is 11.4. The average molecular weight is 527 g/mol. The molecule has 202 valence electrons. The molecule has 7 nitrogen and oxygen atoms in total. The highest BCUT2D eigenvalue weighted by atomic mass is 16.6. The lowest BCUT2D eigenvalue weighted by atomic mass is 10.1. The zero-order valence-electron chi connectivity index (χ0n) is 22.1. The first-order chi connectivity index (χ1) is 19.1. The molecule has 0 bridgehead atoms. The van der Waals surface area contributed by atoms with E-state index >= 15 is 0 Å². The summed E-state index contributed by atoms with van der Waals surface area (Å²) in [6.07, 6.45) is 5.65. The first kappa shape index (κ1) is 27.7. The van der Waals surface area contributed by atoms with E-state index in [1.54, 1.807) is 0 Å². The second-order valence-electron chi connectivity index (χ2n) is 9.19. The van der Waals surface area contributed by atoms with Crippen LogP contribution in [0, 0.1) is 6.92 Å². The second kappa shape index (κ2) is 14.5. The molecule has 0 spiro atoms. The number of hydroxylamine groups is 1. The van der Waals surface area contributed by atoms with Gasteiger partial charge in [0.25, 0.3) is 0 Å². The molecule has 2 N–H and O–H groups in total. The number of oxazole rings is 1. The molecule has 39 heavy (non-hydrogen) atoms. The van der Waals surface area contributed by atoms with Crippen LogP contribution in [0.1, 0.15) is 54.7 Å². The number of carbonyl (C=O) groups is 1. The topological polar surface area (TPSA) is 93.8 Å². The average Bonchev–Trinajstić information content (AvgIpc) is 3.34. The van der Waals surface area contributed by atoms with E-state index in [0.29, 0.717) is 25.5 Å². The molecule has 0 unspecified atom stereocenters. The molecule has 0 saturated heterocycles. The number of unbranched alkanes of at least 4 members (excludes halogenated alkanes) is 3. The summed E-state index contributed by atoms with van der Waals surface area (Å²) in [5, 5.41) is 8.78. The van der Waals surface area contributed by atoms with Gasteiger partial charge in [-0.3, -0.25) is 15.1 Å². The maximum absolute atomic E-state index is 10.7. The van der Waals surface area contributed by atoms with E-state index < -0.39 is 5.97 Å². The summed E-state index contributed by atoms with van der Waals surface area (Å²) >= 11 is 0. The molecule has 0 fully saturated rings. The maximum atomic E-state index is 10.7. The molecule has 0 radical (unpaired) electrons. The first-order valence-corrected chi connectivity index (χ1v) is 13.2. The van der Waals surface area contributed by atoms with Gasteiger partial charge >= 0.3 is 5.97 Å². The van der Waals surface area contributed by atoms with Crippen molar-refractivity contribution in [2.24, 2.45) is 0 Å². The summed E-state index contributed by atoms with van der Waals surface area (Å²) in [6.45, 7) is 2.59. The van der Waals surface area contributed by atoms with Gasteiger partial charge in [-0.1, -0.05) is 73.2 Å². The van der Waals surface area contributed by atoms with Gasteiger partial charge in [0.05, 0.1) is 12.3 Å². The Hall–Kier alpha value is -4.36. The summed E-state index contributed by atoms with van der Waals surface area (Å²) in [7, 11) is 0. The minimum absolute atomic E-state index is 0.218. The van der Waals surface area contributed by atoms with Crippen molar-refractivity contribution < 1.29 is 23.9 Å². The van der Waals surface area contributed by atoms with Crippen LogP contribution in [0.25, 0.3) is 17.2 Å². The smallest absolute Gasteiger partial charge is 0.303 e. The number of aliphatic carboxylic acids is 1. The zero-order valence-corrected chi connectivity index (χ0v) is 22.1. The van der Waals surface area contributed by atoms with Crippen LogP contribution < -0.4 is 10.2 Å². The highest BCUT2D eigenvalue weighted by molar-refractivity contribution is 5.66. The van der Waals surface area contributed by atoms with Crippen molar-refractivity contribution in [2.45, 2.75) is 52.2 Å². The highest BCUT2D eigenvalue weighted by Crippen LogP contribution is 2.23. The Kier molecular flexibility index (Phi) is 10.3. The summed E-state index contributed by atoms with van der Waals surface area (Å²) in [6, 6.07) is 27.6. The van der Waals surface area contributed by atoms with E-state index in [0.717, 1.165) is 58.9 Å². The summed E-state index contributed by atoms with van der Waals surface area (Å²) in [5.41, 5.74) is 7.73. The van der Waals surface area contributed by atoms with Crippen LogP contribution in [0.15, 0.2) is 95.4 Å². The van der Waals surface area contributed by atoms with E-state index in [1.807, 2.05) is 91.9 Å². The molecular weight excluding hydrogens is 492 g/mol. The van der Waals surface area contributed by atoms with Crippen molar-refractivity contribution in [2.75, 3.05) is 0 Å². The predicted molar refractivity (Wildman–Crippen MR) is 151 cm³/mol. The third-order valence-corrected chi connectivity index (χ3v) is 6.16. The molecule has 0 saturated carbocycles. The van der Waals surface area contributed by atoms with Crippen molar-refractivity contribution in [3.05, 3.63) is 114 Å². The van der Waals surface area contributed by atoms with Gasteiger partial charge in [0.2, 0.25) is 5.89 Å². The lowest BCUT2D eigenvalue weighted by Gasteiger charge is -2.12. The van der Waals surface area contributed by atoms with Gasteiger partial charge in [-0.2, -0.15) is 0 Å². The van der Waals surface area contributed by atoms with Crippen LogP contribution in [0.4, 0.5) is 0 Å².